The van der Waals surface area contributed by atoms with E-state index in [1.807, 2.05) is 24.3 Å². The molecule has 0 heterocycles. The molecular weight excluding hydrogens is 454 g/mol. The van der Waals surface area contributed by atoms with Gasteiger partial charge in [0.2, 0.25) is 0 Å². The normalized spacial score (nSPS) is 11.9. The third-order valence-electron chi connectivity index (χ3n) is 3.75. The van der Waals surface area contributed by atoms with Crippen LogP contribution in [0, 0.1) is 0 Å². The minimum absolute atomic E-state index is 0.0791. The lowest BCUT2D eigenvalue weighted by Gasteiger charge is -2.21. The molecule has 7 nitrogen and oxygen atoms in total. The summed E-state index contributed by atoms with van der Waals surface area (Å²) in [4.78, 5) is 35.0. The summed E-state index contributed by atoms with van der Waals surface area (Å²) in [6.07, 6.45) is -0.564. The molecule has 0 bridgehead atoms. The molecule has 1 amide bonds. The van der Waals surface area contributed by atoms with Crippen molar-refractivity contribution < 1.29 is 28.6 Å². The predicted octanol–water partition coefficient (Wildman–Crippen LogP) is 4.80. The maximum atomic E-state index is 11.9. The average molecular weight is 478 g/mol. The highest BCUT2D eigenvalue weighted by molar-refractivity contribution is 9.10. The Morgan fingerprint density at radius 2 is 1.77 bits per heavy atom. The second kappa shape index (κ2) is 10.8. The van der Waals surface area contributed by atoms with Gasteiger partial charge in [-0.15, -0.1) is 0 Å². The van der Waals surface area contributed by atoms with E-state index in [9.17, 15) is 14.4 Å². The first-order valence-corrected chi connectivity index (χ1v) is 10.1. The van der Waals surface area contributed by atoms with Gasteiger partial charge in [-0.2, -0.15) is 0 Å². The summed E-state index contributed by atoms with van der Waals surface area (Å²) in [5.41, 5.74) is 0.945. The van der Waals surface area contributed by atoms with Crippen molar-refractivity contribution in [3.05, 3.63) is 64.1 Å². The van der Waals surface area contributed by atoms with E-state index in [1.54, 1.807) is 45.0 Å². The Kier molecular flexibility index (Phi) is 8.41. The van der Waals surface area contributed by atoms with Crippen LogP contribution in [0.15, 0.2) is 53.0 Å². The summed E-state index contributed by atoms with van der Waals surface area (Å²) in [6.45, 7) is 5.30. The summed E-state index contributed by atoms with van der Waals surface area (Å²) in [5, 5.41) is 2.52. The molecule has 0 aromatic heterocycles. The zero-order valence-electron chi connectivity index (χ0n) is 17.0. The Labute approximate surface area is 183 Å². The number of hydrogen-bond acceptors (Lipinski definition) is 6. The minimum atomic E-state index is -0.823. The van der Waals surface area contributed by atoms with E-state index >= 15 is 0 Å². The lowest BCUT2D eigenvalue weighted by atomic mass is 10.1. The van der Waals surface area contributed by atoms with E-state index < -0.39 is 23.9 Å². The SMILES string of the molecule is CC(C)(C)OC(=O)N[C@H](C=O)Cc1ccc(OC(=O)OCc2ccccc2Br)cc1. The maximum Gasteiger partial charge on any atom is 0.514 e. The van der Waals surface area contributed by atoms with Gasteiger partial charge in [-0.1, -0.05) is 46.3 Å². The standard InChI is InChI=1S/C22H24BrNO6/c1-22(2,3)30-20(26)24-17(13-25)12-15-8-10-18(11-9-15)29-21(27)28-14-16-6-4-5-7-19(16)23/h4-11,13,17H,12,14H2,1-3H3,(H,24,26)/t17-/m0/s1. The van der Waals surface area contributed by atoms with Gasteiger partial charge in [0.15, 0.2) is 0 Å². The average Bonchev–Trinajstić information content (AvgIpc) is 2.67. The van der Waals surface area contributed by atoms with Crippen LogP contribution in [0.25, 0.3) is 0 Å². The van der Waals surface area contributed by atoms with Crippen LogP contribution in [0.1, 0.15) is 31.9 Å². The zero-order chi connectivity index (χ0) is 22.1. The van der Waals surface area contributed by atoms with Crippen LogP contribution >= 0.6 is 15.9 Å². The van der Waals surface area contributed by atoms with E-state index in [4.69, 9.17) is 14.2 Å². The molecule has 160 valence electrons. The fourth-order valence-electron chi connectivity index (χ4n) is 2.42. The van der Waals surface area contributed by atoms with Crippen molar-refractivity contribution in [2.45, 2.75) is 45.4 Å². The molecule has 0 aliphatic carbocycles. The van der Waals surface area contributed by atoms with E-state index in [0.717, 1.165) is 15.6 Å². The van der Waals surface area contributed by atoms with E-state index in [0.29, 0.717) is 12.0 Å². The molecule has 0 radical (unpaired) electrons. The number of carbonyl (C=O) groups is 3. The molecule has 0 fully saturated rings. The molecular formula is C22H24BrNO6. The number of aldehydes is 1. The number of carbonyl (C=O) groups excluding carboxylic acids is 3. The first kappa shape index (κ1) is 23.4. The van der Waals surface area contributed by atoms with Gasteiger partial charge >= 0.3 is 12.2 Å². The molecule has 0 unspecified atom stereocenters. The van der Waals surface area contributed by atoms with Gasteiger partial charge in [0.1, 0.15) is 24.2 Å². The largest absolute Gasteiger partial charge is 0.514 e. The van der Waals surface area contributed by atoms with Crippen LogP contribution in [-0.2, 0) is 27.3 Å². The van der Waals surface area contributed by atoms with Gasteiger partial charge in [0, 0.05) is 10.0 Å². The number of amides is 1. The molecule has 2 aromatic rings. The summed E-state index contributed by atoms with van der Waals surface area (Å²) >= 11 is 3.38. The number of halogens is 1. The highest BCUT2D eigenvalue weighted by Crippen LogP contribution is 2.18. The molecule has 0 saturated heterocycles. The maximum absolute atomic E-state index is 11.9. The van der Waals surface area contributed by atoms with E-state index in [1.165, 1.54) is 0 Å². The van der Waals surface area contributed by atoms with Gasteiger partial charge in [0.05, 0.1) is 6.04 Å². The van der Waals surface area contributed by atoms with Gasteiger partial charge in [-0.25, -0.2) is 9.59 Å². The summed E-state index contributed by atoms with van der Waals surface area (Å²) < 4.78 is 16.2. The molecule has 0 spiro atoms. The van der Waals surface area contributed by atoms with Crippen LogP contribution in [-0.4, -0.2) is 30.2 Å². The molecule has 30 heavy (non-hydrogen) atoms. The Balaban J connectivity index is 1.84. The number of hydrogen-bond donors (Lipinski definition) is 1. The van der Waals surface area contributed by atoms with Crippen LogP contribution in [0.4, 0.5) is 9.59 Å². The smallest absolute Gasteiger partial charge is 0.444 e. The van der Waals surface area contributed by atoms with Crippen LogP contribution in [0.2, 0.25) is 0 Å². The number of benzene rings is 2. The fourth-order valence-corrected chi connectivity index (χ4v) is 2.82. The number of nitrogens with one attached hydrogen (secondary N) is 1. The van der Waals surface area contributed by atoms with Crippen LogP contribution < -0.4 is 10.1 Å². The van der Waals surface area contributed by atoms with Crippen molar-refractivity contribution in [3.8, 4) is 5.75 Å². The van der Waals surface area contributed by atoms with Crippen molar-refractivity contribution in [2.75, 3.05) is 0 Å². The first-order chi connectivity index (χ1) is 14.2. The van der Waals surface area contributed by atoms with Crippen LogP contribution in [0.3, 0.4) is 0 Å². The topological polar surface area (TPSA) is 90.9 Å². The van der Waals surface area contributed by atoms with Crippen molar-refractivity contribution >= 4 is 34.5 Å². The van der Waals surface area contributed by atoms with Crippen molar-refractivity contribution in [2.24, 2.45) is 0 Å². The molecule has 0 aliphatic rings. The van der Waals surface area contributed by atoms with Crippen molar-refractivity contribution in [1.29, 1.82) is 0 Å². The Bertz CT molecular complexity index is 876. The quantitative estimate of drug-likeness (QED) is 0.349. The summed E-state index contributed by atoms with van der Waals surface area (Å²) in [5.74, 6) is 0.304. The van der Waals surface area contributed by atoms with Gasteiger partial charge in [-0.05, 0) is 51.0 Å². The highest BCUT2D eigenvalue weighted by Gasteiger charge is 2.19. The third-order valence-corrected chi connectivity index (χ3v) is 4.52. The number of alkyl carbamates (subject to hydrolysis) is 1. The Morgan fingerprint density at radius 3 is 2.37 bits per heavy atom. The summed E-state index contributed by atoms with van der Waals surface area (Å²) in [7, 11) is 0. The first-order valence-electron chi connectivity index (χ1n) is 9.28. The zero-order valence-corrected chi connectivity index (χ0v) is 18.6. The predicted molar refractivity (Wildman–Crippen MR) is 114 cm³/mol. The Morgan fingerprint density at radius 1 is 1.10 bits per heavy atom. The lowest BCUT2D eigenvalue weighted by molar-refractivity contribution is -0.109. The van der Waals surface area contributed by atoms with Gasteiger partial charge < -0.3 is 24.3 Å². The molecule has 2 rings (SSSR count). The Hall–Kier alpha value is -2.87. The van der Waals surface area contributed by atoms with Crippen molar-refractivity contribution in [1.82, 2.24) is 5.32 Å². The monoisotopic (exact) mass is 477 g/mol. The molecule has 1 atom stereocenters. The molecule has 2 aromatic carbocycles. The molecule has 8 heteroatoms. The third kappa shape index (κ3) is 8.24. The van der Waals surface area contributed by atoms with Crippen LogP contribution in [0.5, 0.6) is 5.75 Å². The van der Waals surface area contributed by atoms with Crippen molar-refractivity contribution in [3.63, 3.8) is 0 Å². The van der Waals surface area contributed by atoms with E-state index in [2.05, 4.69) is 21.2 Å². The number of rotatable bonds is 7. The lowest BCUT2D eigenvalue weighted by Crippen LogP contribution is -2.41. The molecule has 1 N–H and O–H groups in total. The highest BCUT2D eigenvalue weighted by atomic mass is 79.9. The number of ether oxygens (including phenoxy) is 3. The minimum Gasteiger partial charge on any atom is -0.444 e. The van der Waals surface area contributed by atoms with Gasteiger partial charge in [-0.3, -0.25) is 0 Å². The van der Waals surface area contributed by atoms with E-state index in [-0.39, 0.29) is 13.0 Å². The summed E-state index contributed by atoms with van der Waals surface area (Å²) in [6, 6.07) is 13.2. The molecule has 0 aliphatic heterocycles. The molecule has 0 saturated carbocycles. The second-order valence-corrected chi connectivity index (χ2v) is 8.32. The van der Waals surface area contributed by atoms with Gasteiger partial charge in [0.25, 0.3) is 0 Å². The fraction of sp³-hybridized carbons (Fsp3) is 0.318. The second-order valence-electron chi connectivity index (χ2n) is 7.47.